The van der Waals surface area contributed by atoms with Gasteiger partial charge >= 0.3 is 0 Å². The molecule has 0 bridgehead atoms. The molecule has 3 N–H and O–H groups in total. The molecule has 1 unspecified atom stereocenters. The number of ether oxygens (including phenoxy) is 1. The van der Waals surface area contributed by atoms with Crippen molar-refractivity contribution in [3.63, 3.8) is 0 Å². The Bertz CT molecular complexity index is 772. The number of para-hydroxylation sites is 1. The van der Waals surface area contributed by atoms with Crippen LogP contribution in [0.3, 0.4) is 0 Å². The number of nitrogens with two attached hydrogens (primary N) is 1. The lowest BCUT2D eigenvalue weighted by Gasteiger charge is -2.17. The van der Waals surface area contributed by atoms with Crippen LogP contribution in [0.25, 0.3) is 10.1 Å². The number of benzene rings is 2. The fourth-order valence-corrected chi connectivity index (χ4v) is 3.53. The Morgan fingerprint density at radius 3 is 2.76 bits per heavy atom. The molecule has 0 fully saturated rings. The van der Waals surface area contributed by atoms with Gasteiger partial charge in [0.05, 0.1) is 13.2 Å². The molecular weight excluding hydrogens is 287 g/mol. The van der Waals surface area contributed by atoms with Crippen LogP contribution in [0, 0.1) is 5.82 Å². The van der Waals surface area contributed by atoms with Gasteiger partial charge in [0.25, 0.3) is 0 Å². The first-order valence-corrected chi connectivity index (χ1v) is 7.32. The monoisotopic (exact) mass is 302 g/mol. The van der Waals surface area contributed by atoms with Crippen molar-refractivity contribution in [1.29, 1.82) is 0 Å². The number of hydrogen-bond acceptors (Lipinski definition) is 4. The number of hydrazine groups is 1. The van der Waals surface area contributed by atoms with E-state index in [9.17, 15) is 4.39 Å². The second kappa shape index (κ2) is 5.81. The van der Waals surface area contributed by atoms with Gasteiger partial charge in [-0.25, -0.2) is 9.82 Å². The third-order valence-electron chi connectivity index (χ3n) is 3.40. The number of halogens is 1. The molecule has 3 nitrogen and oxygen atoms in total. The SMILES string of the molecule is COc1ccccc1C(NN)c1cc2cc(F)ccc2s1. The van der Waals surface area contributed by atoms with E-state index in [2.05, 4.69) is 5.43 Å². The van der Waals surface area contributed by atoms with Crippen molar-refractivity contribution in [2.45, 2.75) is 6.04 Å². The maximum absolute atomic E-state index is 13.3. The molecule has 0 saturated carbocycles. The van der Waals surface area contributed by atoms with Gasteiger partial charge in [-0.05, 0) is 35.7 Å². The molecule has 21 heavy (non-hydrogen) atoms. The minimum absolute atomic E-state index is 0.193. The minimum Gasteiger partial charge on any atom is -0.496 e. The van der Waals surface area contributed by atoms with Gasteiger partial charge in [0, 0.05) is 15.1 Å². The molecule has 2 aromatic carbocycles. The number of nitrogens with one attached hydrogen (secondary N) is 1. The van der Waals surface area contributed by atoms with Gasteiger partial charge in [-0.1, -0.05) is 18.2 Å². The molecule has 1 aromatic heterocycles. The highest BCUT2D eigenvalue weighted by Crippen LogP contribution is 2.36. The van der Waals surface area contributed by atoms with E-state index in [1.165, 1.54) is 12.1 Å². The summed E-state index contributed by atoms with van der Waals surface area (Å²) in [6.45, 7) is 0. The Hall–Kier alpha value is -1.95. The van der Waals surface area contributed by atoms with Crippen LogP contribution in [0.2, 0.25) is 0 Å². The zero-order chi connectivity index (χ0) is 14.8. The molecule has 1 heterocycles. The van der Waals surface area contributed by atoms with Crippen LogP contribution < -0.4 is 16.0 Å². The summed E-state index contributed by atoms with van der Waals surface area (Å²) in [5, 5.41) is 0.880. The maximum Gasteiger partial charge on any atom is 0.124 e. The topological polar surface area (TPSA) is 47.3 Å². The summed E-state index contributed by atoms with van der Waals surface area (Å²) in [5.74, 6) is 6.27. The van der Waals surface area contributed by atoms with Gasteiger partial charge in [-0.15, -0.1) is 11.3 Å². The average Bonchev–Trinajstić information content (AvgIpc) is 2.91. The van der Waals surface area contributed by atoms with Crippen LogP contribution in [-0.4, -0.2) is 7.11 Å². The van der Waals surface area contributed by atoms with E-state index in [0.29, 0.717) is 0 Å². The maximum atomic E-state index is 13.3. The molecule has 108 valence electrons. The Morgan fingerprint density at radius 1 is 1.19 bits per heavy atom. The van der Waals surface area contributed by atoms with E-state index < -0.39 is 0 Å². The minimum atomic E-state index is -0.235. The lowest BCUT2D eigenvalue weighted by atomic mass is 10.0. The summed E-state index contributed by atoms with van der Waals surface area (Å²) in [4.78, 5) is 1.02. The lowest BCUT2D eigenvalue weighted by molar-refractivity contribution is 0.404. The van der Waals surface area contributed by atoms with E-state index >= 15 is 0 Å². The summed E-state index contributed by atoms with van der Waals surface area (Å²) >= 11 is 1.59. The molecule has 1 atom stereocenters. The summed E-state index contributed by atoms with van der Waals surface area (Å²) in [5.41, 5.74) is 3.77. The highest BCUT2D eigenvalue weighted by atomic mass is 32.1. The first-order valence-electron chi connectivity index (χ1n) is 6.51. The second-order valence-electron chi connectivity index (χ2n) is 4.67. The molecule has 5 heteroatoms. The fourth-order valence-electron chi connectivity index (χ4n) is 2.41. The smallest absolute Gasteiger partial charge is 0.124 e. The van der Waals surface area contributed by atoms with Crippen LogP contribution in [0.5, 0.6) is 5.75 Å². The predicted molar refractivity (Wildman–Crippen MR) is 83.9 cm³/mol. The van der Waals surface area contributed by atoms with Crippen LogP contribution in [0.4, 0.5) is 4.39 Å². The third-order valence-corrected chi connectivity index (χ3v) is 4.58. The average molecular weight is 302 g/mol. The number of methoxy groups -OCH3 is 1. The summed E-state index contributed by atoms with van der Waals surface area (Å²) < 4.78 is 19.7. The van der Waals surface area contributed by atoms with E-state index in [4.69, 9.17) is 10.6 Å². The van der Waals surface area contributed by atoms with Crippen LogP contribution in [0.15, 0.2) is 48.5 Å². The molecule has 3 aromatic rings. The first-order chi connectivity index (χ1) is 10.2. The second-order valence-corrected chi connectivity index (χ2v) is 5.79. The molecule has 0 aliphatic heterocycles. The third kappa shape index (κ3) is 2.63. The molecule has 0 radical (unpaired) electrons. The molecule has 0 amide bonds. The van der Waals surface area contributed by atoms with E-state index in [-0.39, 0.29) is 11.9 Å². The molecule has 0 aliphatic rings. The van der Waals surface area contributed by atoms with Crippen molar-refractivity contribution in [3.05, 3.63) is 64.8 Å². The molecule has 0 aliphatic carbocycles. The van der Waals surface area contributed by atoms with E-state index in [1.54, 1.807) is 24.5 Å². The van der Waals surface area contributed by atoms with Gasteiger partial charge in [0.2, 0.25) is 0 Å². The van der Waals surface area contributed by atoms with Crippen molar-refractivity contribution in [3.8, 4) is 5.75 Å². The highest BCUT2D eigenvalue weighted by Gasteiger charge is 2.19. The summed E-state index contributed by atoms with van der Waals surface area (Å²) in [7, 11) is 1.63. The molecule has 3 rings (SSSR count). The fraction of sp³-hybridized carbons (Fsp3) is 0.125. The first kappa shape index (κ1) is 14.0. The number of rotatable bonds is 4. The standard InChI is InChI=1S/C16H15FN2OS/c1-20-13-5-3-2-4-12(13)16(19-18)15-9-10-8-11(17)6-7-14(10)21-15/h2-9,16,19H,18H2,1H3. The zero-order valence-electron chi connectivity index (χ0n) is 11.5. The highest BCUT2D eigenvalue weighted by molar-refractivity contribution is 7.19. The number of hydrogen-bond donors (Lipinski definition) is 2. The van der Waals surface area contributed by atoms with E-state index in [0.717, 1.165) is 26.3 Å². The van der Waals surface area contributed by atoms with Crippen LogP contribution in [-0.2, 0) is 0 Å². The Kier molecular flexibility index (Phi) is 3.88. The molecule has 0 saturated heterocycles. The lowest BCUT2D eigenvalue weighted by Crippen LogP contribution is -2.28. The summed E-state index contributed by atoms with van der Waals surface area (Å²) in [6, 6.07) is 14.3. The Balaban J connectivity index is 2.09. The van der Waals surface area contributed by atoms with Gasteiger partial charge in [-0.2, -0.15) is 0 Å². The van der Waals surface area contributed by atoms with Crippen molar-refractivity contribution in [2.24, 2.45) is 5.84 Å². The van der Waals surface area contributed by atoms with Crippen molar-refractivity contribution in [1.82, 2.24) is 5.43 Å². The predicted octanol–water partition coefficient (Wildman–Crippen LogP) is 3.60. The number of thiophene rings is 1. The Morgan fingerprint density at radius 2 is 2.00 bits per heavy atom. The van der Waals surface area contributed by atoms with Gasteiger partial charge in [0.15, 0.2) is 0 Å². The van der Waals surface area contributed by atoms with Crippen LogP contribution >= 0.6 is 11.3 Å². The van der Waals surface area contributed by atoms with Crippen molar-refractivity contribution >= 4 is 21.4 Å². The Labute approximate surface area is 126 Å². The normalized spacial score (nSPS) is 12.5. The van der Waals surface area contributed by atoms with E-state index in [1.807, 2.05) is 30.3 Å². The zero-order valence-corrected chi connectivity index (χ0v) is 12.3. The van der Waals surface area contributed by atoms with Crippen molar-refractivity contribution in [2.75, 3.05) is 7.11 Å². The van der Waals surface area contributed by atoms with Crippen molar-refractivity contribution < 1.29 is 9.13 Å². The number of fused-ring (bicyclic) bond motifs is 1. The van der Waals surface area contributed by atoms with Gasteiger partial charge in [-0.3, -0.25) is 5.84 Å². The summed E-state index contributed by atoms with van der Waals surface area (Å²) in [6.07, 6.45) is 0. The molecule has 0 spiro atoms. The quantitative estimate of drug-likeness (QED) is 0.572. The molecular formula is C16H15FN2OS. The van der Waals surface area contributed by atoms with Gasteiger partial charge in [0.1, 0.15) is 11.6 Å². The van der Waals surface area contributed by atoms with Gasteiger partial charge < -0.3 is 4.74 Å². The van der Waals surface area contributed by atoms with Crippen LogP contribution in [0.1, 0.15) is 16.5 Å². The largest absolute Gasteiger partial charge is 0.496 e.